The number of aliphatic hydroxyl groups is 1. The summed E-state index contributed by atoms with van der Waals surface area (Å²) in [6.45, 7) is 5.14. The predicted molar refractivity (Wildman–Crippen MR) is 65.4 cm³/mol. The van der Waals surface area contributed by atoms with Crippen LogP contribution in [0.1, 0.15) is 27.2 Å². The molecule has 0 aromatic heterocycles. The predicted octanol–water partition coefficient (Wildman–Crippen LogP) is -0.0637. The molecule has 0 heterocycles. The van der Waals surface area contributed by atoms with Crippen LogP contribution in [-0.4, -0.2) is 53.6 Å². The van der Waals surface area contributed by atoms with Crippen LogP contribution in [0.4, 0.5) is 4.79 Å². The number of carbonyl (C=O) groups is 2. The summed E-state index contributed by atoms with van der Waals surface area (Å²) >= 11 is 0. The van der Waals surface area contributed by atoms with Gasteiger partial charge in [-0.2, -0.15) is 0 Å². The van der Waals surface area contributed by atoms with Crippen LogP contribution in [0.25, 0.3) is 0 Å². The maximum atomic E-state index is 11.4. The van der Waals surface area contributed by atoms with E-state index in [4.69, 9.17) is 9.84 Å². The summed E-state index contributed by atoms with van der Waals surface area (Å²) in [6.07, 6.45) is -0.434. The normalized spacial score (nSPS) is 14.7. The van der Waals surface area contributed by atoms with Gasteiger partial charge in [0.1, 0.15) is 0 Å². The van der Waals surface area contributed by atoms with E-state index in [-0.39, 0.29) is 6.54 Å². The highest BCUT2D eigenvalue weighted by molar-refractivity contribution is 5.74. The van der Waals surface area contributed by atoms with Crippen LogP contribution in [0.5, 0.6) is 0 Å². The second-order valence-electron chi connectivity index (χ2n) is 5.07. The van der Waals surface area contributed by atoms with Crippen LogP contribution in [0.3, 0.4) is 0 Å². The lowest BCUT2D eigenvalue weighted by molar-refractivity contribution is -0.141. The fourth-order valence-corrected chi connectivity index (χ4v) is 1.09. The fraction of sp³-hybridized carbons (Fsp3) is 0.818. The molecule has 4 N–H and O–H groups in total. The first-order chi connectivity index (χ1) is 8.08. The van der Waals surface area contributed by atoms with Crippen molar-refractivity contribution in [2.75, 3.05) is 20.2 Å². The number of carboxylic acid groups (broad SMARTS) is 1. The highest BCUT2D eigenvalue weighted by Crippen LogP contribution is 2.07. The third kappa shape index (κ3) is 7.86. The number of carboxylic acids is 1. The van der Waals surface area contributed by atoms with Gasteiger partial charge in [0, 0.05) is 20.2 Å². The molecule has 1 atom stereocenters. The lowest BCUT2D eigenvalue weighted by Gasteiger charge is -2.25. The van der Waals surface area contributed by atoms with Gasteiger partial charge in [0.25, 0.3) is 0 Å². The smallest absolute Gasteiger partial charge is 0.314 e. The van der Waals surface area contributed by atoms with Crippen molar-refractivity contribution in [2.24, 2.45) is 0 Å². The molecule has 0 aliphatic carbocycles. The standard InChI is InChI=1S/C11H22N2O5/c1-10(2,18-4)6-12-9(16)13-7-11(3,17)5-8(14)15/h17H,5-7H2,1-4H3,(H,14,15)(H2,12,13,16). The first-order valence-electron chi connectivity index (χ1n) is 5.59. The fourth-order valence-electron chi connectivity index (χ4n) is 1.09. The third-order valence-electron chi connectivity index (χ3n) is 2.39. The first-order valence-corrected chi connectivity index (χ1v) is 5.59. The van der Waals surface area contributed by atoms with Crippen molar-refractivity contribution in [3.63, 3.8) is 0 Å². The average Bonchev–Trinajstić information content (AvgIpc) is 2.22. The van der Waals surface area contributed by atoms with E-state index in [2.05, 4.69) is 10.6 Å². The Morgan fingerprint density at radius 3 is 2.11 bits per heavy atom. The van der Waals surface area contributed by atoms with Crippen molar-refractivity contribution in [1.82, 2.24) is 10.6 Å². The maximum absolute atomic E-state index is 11.4. The molecule has 0 spiro atoms. The Kier molecular flexibility index (Phi) is 6.07. The molecule has 106 valence electrons. The molecule has 18 heavy (non-hydrogen) atoms. The summed E-state index contributed by atoms with van der Waals surface area (Å²) in [5.41, 5.74) is -1.96. The van der Waals surface area contributed by atoms with Gasteiger partial charge in [-0.3, -0.25) is 4.79 Å². The molecule has 7 nitrogen and oxygen atoms in total. The van der Waals surface area contributed by atoms with Crippen molar-refractivity contribution >= 4 is 12.0 Å². The lowest BCUT2D eigenvalue weighted by Crippen LogP contribution is -2.48. The average molecular weight is 262 g/mol. The minimum absolute atomic E-state index is 0.140. The van der Waals surface area contributed by atoms with Crippen LogP contribution < -0.4 is 10.6 Å². The summed E-state index contributed by atoms with van der Waals surface area (Å²) in [5.74, 6) is -1.12. The highest BCUT2D eigenvalue weighted by Gasteiger charge is 2.25. The minimum atomic E-state index is -1.47. The van der Waals surface area contributed by atoms with Gasteiger partial charge in [-0.05, 0) is 20.8 Å². The molecule has 0 aliphatic heterocycles. The Labute approximate surface area is 107 Å². The molecule has 0 saturated heterocycles. The summed E-state index contributed by atoms with van der Waals surface area (Å²) < 4.78 is 5.12. The monoisotopic (exact) mass is 262 g/mol. The van der Waals surface area contributed by atoms with Gasteiger partial charge in [-0.1, -0.05) is 0 Å². The SMILES string of the molecule is COC(C)(C)CNC(=O)NCC(C)(O)CC(=O)O. The van der Waals surface area contributed by atoms with Crippen LogP contribution >= 0.6 is 0 Å². The number of amides is 2. The van der Waals surface area contributed by atoms with E-state index in [0.717, 1.165) is 0 Å². The van der Waals surface area contributed by atoms with E-state index in [1.807, 2.05) is 13.8 Å². The van der Waals surface area contributed by atoms with Crippen LogP contribution in [0, 0.1) is 0 Å². The van der Waals surface area contributed by atoms with Crippen molar-refractivity contribution < 1.29 is 24.5 Å². The van der Waals surface area contributed by atoms with E-state index in [1.165, 1.54) is 14.0 Å². The summed E-state index contributed by atoms with van der Waals surface area (Å²) in [5, 5.41) is 23.2. The van der Waals surface area contributed by atoms with Gasteiger partial charge in [-0.15, -0.1) is 0 Å². The topological polar surface area (TPSA) is 108 Å². The van der Waals surface area contributed by atoms with Gasteiger partial charge in [0.05, 0.1) is 17.6 Å². The second-order valence-corrected chi connectivity index (χ2v) is 5.07. The van der Waals surface area contributed by atoms with E-state index in [1.54, 1.807) is 0 Å². The molecule has 1 unspecified atom stereocenters. The number of aliphatic carboxylic acids is 1. The Morgan fingerprint density at radius 1 is 1.17 bits per heavy atom. The molecule has 0 radical (unpaired) electrons. The number of hydrogen-bond donors (Lipinski definition) is 4. The van der Waals surface area contributed by atoms with Gasteiger partial charge >= 0.3 is 12.0 Å². The van der Waals surface area contributed by atoms with E-state index < -0.39 is 29.6 Å². The maximum Gasteiger partial charge on any atom is 0.314 e. The Morgan fingerprint density at radius 2 is 1.67 bits per heavy atom. The molecule has 2 amide bonds. The van der Waals surface area contributed by atoms with Gasteiger partial charge in [-0.25, -0.2) is 4.79 Å². The first kappa shape index (κ1) is 16.7. The van der Waals surface area contributed by atoms with Gasteiger partial charge in [0.2, 0.25) is 0 Å². The molecule has 0 bridgehead atoms. The quantitative estimate of drug-likeness (QED) is 0.514. The zero-order valence-corrected chi connectivity index (χ0v) is 11.2. The number of rotatable bonds is 7. The van der Waals surface area contributed by atoms with Crippen molar-refractivity contribution in [1.29, 1.82) is 0 Å². The number of carbonyl (C=O) groups excluding carboxylic acids is 1. The van der Waals surface area contributed by atoms with E-state index >= 15 is 0 Å². The lowest BCUT2D eigenvalue weighted by atomic mass is 10.0. The number of nitrogens with one attached hydrogen (secondary N) is 2. The molecule has 0 fully saturated rings. The molecule has 7 heteroatoms. The number of methoxy groups -OCH3 is 1. The Bertz CT molecular complexity index is 302. The molecule has 0 aromatic carbocycles. The number of urea groups is 1. The highest BCUT2D eigenvalue weighted by atomic mass is 16.5. The van der Waals surface area contributed by atoms with E-state index in [9.17, 15) is 14.7 Å². The van der Waals surface area contributed by atoms with Crippen LogP contribution in [-0.2, 0) is 9.53 Å². The Hall–Kier alpha value is -1.34. The molecule has 0 aromatic rings. The largest absolute Gasteiger partial charge is 0.481 e. The van der Waals surface area contributed by atoms with Crippen molar-refractivity contribution in [2.45, 2.75) is 38.4 Å². The third-order valence-corrected chi connectivity index (χ3v) is 2.39. The minimum Gasteiger partial charge on any atom is -0.481 e. The molecule has 0 aliphatic rings. The second kappa shape index (κ2) is 6.55. The summed E-state index contributed by atoms with van der Waals surface area (Å²) in [4.78, 5) is 21.9. The number of hydrogen-bond acceptors (Lipinski definition) is 4. The van der Waals surface area contributed by atoms with Crippen LogP contribution in [0.15, 0.2) is 0 Å². The van der Waals surface area contributed by atoms with Gasteiger partial charge < -0.3 is 25.6 Å². The summed E-state index contributed by atoms with van der Waals surface area (Å²) in [6, 6.07) is -0.481. The van der Waals surface area contributed by atoms with Gasteiger partial charge in [0.15, 0.2) is 0 Å². The Balaban J connectivity index is 4.00. The molecular formula is C11H22N2O5. The van der Waals surface area contributed by atoms with Crippen molar-refractivity contribution in [3.8, 4) is 0 Å². The molecule has 0 rings (SSSR count). The molecular weight excluding hydrogens is 240 g/mol. The molecule has 0 saturated carbocycles. The number of ether oxygens (including phenoxy) is 1. The van der Waals surface area contributed by atoms with Crippen molar-refractivity contribution in [3.05, 3.63) is 0 Å². The van der Waals surface area contributed by atoms with Crippen LogP contribution in [0.2, 0.25) is 0 Å². The zero-order chi connectivity index (χ0) is 14.4. The van der Waals surface area contributed by atoms with E-state index in [0.29, 0.717) is 6.54 Å². The summed E-state index contributed by atoms with van der Waals surface area (Å²) in [7, 11) is 1.54. The zero-order valence-electron chi connectivity index (χ0n) is 11.2.